The van der Waals surface area contributed by atoms with E-state index in [1.54, 1.807) is 4.90 Å². The van der Waals surface area contributed by atoms with Crippen LogP contribution < -0.4 is 10.2 Å². The van der Waals surface area contributed by atoms with E-state index in [-0.39, 0.29) is 24.7 Å². The molecule has 0 bridgehead atoms. The zero-order valence-electron chi connectivity index (χ0n) is 20.0. The smallest absolute Gasteiger partial charge is 0.382 e. The van der Waals surface area contributed by atoms with Crippen molar-refractivity contribution < 1.29 is 35.9 Å². The monoisotopic (exact) mass is 530 g/mol. The summed E-state index contributed by atoms with van der Waals surface area (Å²) >= 11 is 0. The van der Waals surface area contributed by atoms with Crippen LogP contribution in [0.15, 0.2) is 42.6 Å². The third-order valence-corrected chi connectivity index (χ3v) is 6.73. The number of nitrogens with one attached hydrogen (secondary N) is 1. The van der Waals surface area contributed by atoms with Crippen LogP contribution in [-0.4, -0.2) is 60.7 Å². The van der Waals surface area contributed by atoms with Gasteiger partial charge in [-0.3, -0.25) is 9.78 Å². The number of halogens is 6. The van der Waals surface area contributed by atoms with Crippen molar-refractivity contribution in [2.45, 2.75) is 50.2 Å². The largest absolute Gasteiger partial charge is 0.433 e. The van der Waals surface area contributed by atoms with Gasteiger partial charge in [0.1, 0.15) is 12.3 Å². The van der Waals surface area contributed by atoms with E-state index < -0.39 is 23.6 Å². The van der Waals surface area contributed by atoms with Gasteiger partial charge in [0.05, 0.1) is 11.7 Å². The predicted molar refractivity (Wildman–Crippen MR) is 125 cm³/mol. The maximum absolute atomic E-state index is 12.9. The van der Waals surface area contributed by atoms with Crippen LogP contribution in [0, 0.1) is 0 Å². The van der Waals surface area contributed by atoms with Crippen molar-refractivity contribution in [2.24, 2.45) is 0 Å². The van der Waals surface area contributed by atoms with Crippen LogP contribution in [0.25, 0.3) is 0 Å². The quantitative estimate of drug-likeness (QED) is 0.520. The van der Waals surface area contributed by atoms with Crippen molar-refractivity contribution in [3.05, 3.63) is 53.9 Å². The number of ether oxygens (including phenoxy) is 1. The number of pyridine rings is 1. The molecule has 0 unspecified atom stereocenters. The average molecular weight is 531 g/mol. The summed E-state index contributed by atoms with van der Waals surface area (Å²) in [6.07, 6.45) is -5.06. The Morgan fingerprint density at radius 2 is 1.57 bits per heavy atom. The van der Waals surface area contributed by atoms with Crippen molar-refractivity contribution in [3.8, 4) is 0 Å². The molecule has 0 radical (unpaired) electrons. The highest BCUT2D eigenvalue weighted by Gasteiger charge is 2.33. The van der Waals surface area contributed by atoms with Gasteiger partial charge < -0.3 is 19.9 Å². The molecular formula is C25H28F6N4O2. The summed E-state index contributed by atoms with van der Waals surface area (Å²) in [5.41, 5.74) is -0.575. The number of benzene rings is 1. The first-order valence-corrected chi connectivity index (χ1v) is 12.1. The molecule has 2 aromatic rings. The van der Waals surface area contributed by atoms with Gasteiger partial charge in [-0.2, -0.15) is 26.3 Å². The first-order valence-electron chi connectivity index (χ1n) is 12.1. The summed E-state index contributed by atoms with van der Waals surface area (Å²) in [6.45, 7) is 1.87. The minimum absolute atomic E-state index is 0.0114. The number of nitrogens with zero attached hydrogens (tertiary/aromatic N) is 3. The molecule has 202 valence electrons. The molecule has 1 N–H and O–H groups in total. The average Bonchev–Trinajstić information content (AvgIpc) is 2.87. The molecule has 1 aromatic heterocycles. The van der Waals surface area contributed by atoms with E-state index >= 15 is 0 Å². The van der Waals surface area contributed by atoms with Crippen molar-refractivity contribution in [3.63, 3.8) is 0 Å². The number of amides is 1. The molecule has 1 saturated heterocycles. The van der Waals surface area contributed by atoms with E-state index in [2.05, 4.69) is 10.3 Å². The summed E-state index contributed by atoms with van der Waals surface area (Å²) in [7, 11) is 0. The molecule has 4 rings (SSSR count). The molecular weight excluding hydrogens is 502 g/mol. The third-order valence-electron chi connectivity index (χ3n) is 6.73. The van der Waals surface area contributed by atoms with Crippen LogP contribution in [0.3, 0.4) is 0 Å². The molecule has 1 aliphatic carbocycles. The number of carbonyl (C=O) groups is 1. The molecule has 12 heteroatoms. The molecule has 0 atom stereocenters. The first-order chi connectivity index (χ1) is 17.5. The van der Waals surface area contributed by atoms with E-state index in [1.165, 1.54) is 18.2 Å². The van der Waals surface area contributed by atoms with Crippen LogP contribution >= 0.6 is 0 Å². The van der Waals surface area contributed by atoms with Crippen molar-refractivity contribution in [2.75, 3.05) is 43.0 Å². The minimum Gasteiger partial charge on any atom is -0.382 e. The van der Waals surface area contributed by atoms with Gasteiger partial charge in [0.15, 0.2) is 0 Å². The Morgan fingerprint density at radius 3 is 2.16 bits per heavy atom. The number of aromatic nitrogens is 1. The number of alkyl halides is 6. The summed E-state index contributed by atoms with van der Waals surface area (Å²) in [5.74, 6) is -0.135. The summed E-state index contributed by atoms with van der Waals surface area (Å²) in [4.78, 5) is 19.6. The normalized spacial score (nSPS) is 21.1. The van der Waals surface area contributed by atoms with Crippen LogP contribution in [0.5, 0.6) is 0 Å². The summed E-state index contributed by atoms with van der Waals surface area (Å²) < 4.78 is 82.7. The van der Waals surface area contributed by atoms with Crippen LogP contribution in [-0.2, 0) is 21.9 Å². The fraction of sp³-hybridized carbons (Fsp3) is 0.520. The topological polar surface area (TPSA) is 57.7 Å². The van der Waals surface area contributed by atoms with E-state index in [9.17, 15) is 31.1 Å². The maximum Gasteiger partial charge on any atom is 0.433 e. The SMILES string of the molecule is O=C(COC1CCC(Nc2ccnc(C(F)(F)F)c2)CC1)N1CCN(c2ccc(C(F)(F)F)cc2)CC1. The number of hydrogen-bond donors (Lipinski definition) is 1. The lowest BCUT2D eigenvalue weighted by Gasteiger charge is -2.36. The van der Waals surface area contributed by atoms with Crippen LogP contribution in [0.1, 0.15) is 36.9 Å². The van der Waals surface area contributed by atoms with Gasteiger partial charge in [-0.1, -0.05) is 0 Å². The Hall–Kier alpha value is -3.02. The minimum atomic E-state index is -4.50. The van der Waals surface area contributed by atoms with E-state index in [1.807, 2.05) is 4.90 Å². The summed E-state index contributed by atoms with van der Waals surface area (Å²) in [5, 5.41) is 3.13. The molecule has 1 amide bonds. The lowest BCUT2D eigenvalue weighted by molar-refractivity contribution is -0.141. The molecule has 0 spiro atoms. The van der Waals surface area contributed by atoms with Crippen molar-refractivity contribution in [1.29, 1.82) is 0 Å². The predicted octanol–water partition coefficient (Wildman–Crippen LogP) is 5.21. The Morgan fingerprint density at radius 1 is 0.919 bits per heavy atom. The van der Waals surface area contributed by atoms with Crippen molar-refractivity contribution >= 4 is 17.3 Å². The molecule has 1 saturated carbocycles. The fourth-order valence-electron chi connectivity index (χ4n) is 4.64. The Labute approximate surface area is 210 Å². The molecule has 1 aromatic carbocycles. The van der Waals surface area contributed by atoms with Gasteiger partial charge in [0.25, 0.3) is 0 Å². The molecule has 37 heavy (non-hydrogen) atoms. The fourth-order valence-corrected chi connectivity index (χ4v) is 4.64. The zero-order chi connectivity index (χ0) is 26.6. The number of hydrogen-bond acceptors (Lipinski definition) is 5. The molecule has 2 fully saturated rings. The van der Waals surface area contributed by atoms with Gasteiger partial charge in [0.2, 0.25) is 5.91 Å². The number of anilines is 2. The number of carbonyl (C=O) groups excluding carboxylic acids is 1. The lowest BCUT2D eigenvalue weighted by Crippen LogP contribution is -2.50. The second kappa shape index (κ2) is 11.2. The van der Waals surface area contributed by atoms with Gasteiger partial charge in [-0.15, -0.1) is 0 Å². The first kappa shape index (κ1) is 27.0. The molecule has 2 aliphatic rings. The number of piperazine rings is 1. The Balaban J connectivity index is 1.16. The Kier molecular flexibility index (Phi) is 8.15. The number of rotatable bonds is 6. The maximum atomic E-state index is 12.9. The second-order valence-corrected chi connectivity index (χ2v) is 9.27. The van der Waals surface area contributed by atoms with Crippen LogP contribution in [0.2, 0.25) is 0 Å². The van der Waals surface area contributed by atoms with E-state index in [4.69, 9.17) is 4.74 Å². The van der Waals surface area contributed by atoms with Gasteiger partial charge in [-0.05, 0) is 62.1 Å². The second-order valence-electron chi connectivity index (χ2n) is 9.27. The van der Waals surface area contributed by atoms with Gasteiger partial charge in [0, 0.05) is 49.8 Å². The highest BCUT2D eigenvalue weighted by Crippen LogP contribution is 2.32. The lowest BCUT2D eigenvalue weighted by atomic mass is 9.92. The summed E-state index contributed by atoms with van der Waals surface area (Å²) in [6, 6.07) is 7.52. The zero-order valence-corrected chi connectivity index (χ0v) is 20.0. The van der Waals surface area contributed by atoms with E-state index in [0.29, 0.717) is 63.2 Å². The molecule has 1 aliphatic heterocycles. The molecule has 2 heterocycles. The van der Waals surface area contributed by atoms with Crippen LogP contribution in [0.4, 0.5) is 37.7 Å². The van der Waals surface area contributed by atoms with Gasteiger partial charge in [-0.25, -0.2) is 0 Å². The Bertz CT molecular complexity index is 1040. The highest BCUT2D eigenvalue weighted by molar-refractivity contribution is 5.77. The third kappa shape index (κ3) is 7.27. The van der Waals surface area contributed by atoms with Gasteiger partial charge >= 0.3 is 12.4 Å². The molecule has 6 nitrogen and oxygen atoms in total. The van der Waals surface area contributed by atoms with Crippen molar-refractivity contribution in [1.82, 2.24) is 9.88 Å². The highest BCUT2D eigenvalue weighted by atomic mass is 19.4. The van der Waals surface area contributed by atoms with E-state index in [0.717, 1.165) is 24.4 Å². The standard InChI is InChI=1S/C25H28F6N4O2/c26-24(27,28)17-1-5-20(6-2-17)34-11-13-35(14-12-34)23(36)16-37-21-7-3-18(4-8-21)33-19-9-10-32-22(15-19)25(29,30)31/h1-2,5-6,9-10,15,18,21H,3-4,7-8,11-14,16H2,(H,32,33).